The number of carbonyl (C=O) groups excluding carboxylic acids is 1. The number of carbonyl (C=O) groups is 1. The van der Waals surface area contributed by atoms with Crippen molar-refractivity contribution in [2.45, 2.75) is 52.9 Å². The van der Waals surface area contributed by atoms with Crippen LogP contribution in [0.4, 0.5) is 0 Å². The van der Waals surface area contributed by atoms with E-state index in [-0.39, 0.29) is 0 Å². The van der Waals surface area contributed by atoms with Gasteiger partial charge < -0.3 is 0 Å². The highest BCUT2D eigenvalue weighted by atomic mass is 16.1. The first-order valence-electron chi connectivity index (χ1n) is 7.00. The van der Waals surface area contributed by atoms with Gasteiger partial charge in [0.25, 0.3) is 0 Å². The van der Waals surface area contributed by atoms with Gasteiger partial charge in [-0.15, -0.1) is 0 Å². The molecule has 0 aromatic carbocycles. The van der Waals surface area contributed by atoms with Crippen LogP contribution in [-0.4, -0.2) is 5.78 Å². The summed E-state index contributed by atoms with van der Waals surface area (Å²) in [7, 11) is 0. The van der Waals surface area contributed by atoms with Gasteiger partial charge in [-0.1, -0.05) is 32.4 Å². The number of hydrogen-bond acceptors (Lipinski definition) is 1. The van der Waals surface area contributed by atoms with Crippen LogP contribution in [0.2, 0.25) is 0 Å². The molecular formula is C16H24O. The predicted octanol–water partition coefficient (Wildman–Crippen LogP) is 4.29. The highest BCUT2D eigenvalue weighted by molar-refractivity contribution is 5.91. The molecule has 2 aliphatic carbocycles. The van der Waals surface area contributed by atoms with Gasteiger partial charge in [-0.25, -0.2) is 0 Å². The van der Waals surface area contributed by atoms with Crippen molar-refractivity contribution >= 4 is 5.78 Å². The van der Waals surface area contributed by atoms with Crippen LogP contribution in [-0.2, 0) is 4.79 Å². The van der Waals surface area contributed by atoms with Gasteiger partial charge in [0.1, 0.15) is 0 Å². The Morgan fingerprint density at radius 3 is 2.53 bits per heavy atom. The van der Waals surface area contributed by atoms with Crippen molar-refractivity contribution in [2.75, 3.05) is 0 Å². The van der Waals surface area contributed by atoms with E-state index in [0.717, 1.165) is 24.2 Å². The molecule has 1 heteroatoms. The molecule has 0 aromatic heterocycles. The topological polar surface area (TPSA) is 17.1 Å². The van der Waals surface area contributed by atoms with Gasteiger partial charge in [-0.3, -0.25) is 4.79 Å². The van der Waals surface area contributed by atoms with Crippen LogP contribution in [0, 0.1) is 17.8 Å². The average molecular weight is 232 g/mol. The Hall–Kier alpha value is -0.850. The van der Waals surface area contributed by atoms with Crippen LogP contribution in [0.15, 0.2) is 23.3 Å². The van der Waals surface area contributed by atoms with Crippen LogP contribution in [0.1, 0.15) is 52.9 Å². The minimum Gasteiger partial charge on any atom is -0.295 e. The Kier molecular flexibility index (Phi) is 3.86. The third-order valence-corrected chi connectivity index (χ3v) is 4.31. The molecule has 2 unspecified atom stereocenters. The maximum Gasteiger partial charge on any atom is 0.156 e. The Morgan fingerprint density at radius 1 is 1.18 bits per heavy atom. The first-order valence-corrected chi connectivity index (χ1v) is 7.00. The summed E-state index contributed by atoms with van der Waals surface area (Å²) in [5.41, 5.74) is 3.12. The Morgan fingerprint density at radius 2 is 1.94 bits per heavy atom. The summed E-state index contributed by atoms with van der Waals surface area (Å²) < 4.78 is 0. The zero-order valence-corrected chi connectivity index (χ0v) is 11.3. The molecule has 0 heterocycles. The molecule has 0 spiro atoms. The van der Waals surface area contributed by atoms with Gasteiger partial charge >= 0.3 is 0 Å². The van der Waals surface area contributed by atoms with Gasteiger partial charge in [0.2, 0.25) is 0 Å². The maximum absolute atomic E-state index is 11.3. The molecule has 0 N–H and O–H groups in total. The molecule has 0 aliphatic heterocycles. The standard InChI is InChI=1S/C16H24O/c1-11(2)15-9-4-12(3)10-16(15)13-5-7-14(17)8-6-13/h5,7,11-12,15H,4,6,8-10H2,1-3H3/b16-13-. The highest BCUT2D eigenvalue weighted by Crippen LogP contribution is 2.40. The van der Waals surface area contributed by atoms with Crippen molar-refractivity contribution in [1.29, 1.82) is 0 Å². The molecule has 1 fully saturated rings. The molecule has 17 heavy (non-hydrogen) atoms. The van der Waals surface area contributed by atoms with Crippen molar-refractivity contribution < 1.29 is 4.79 Å². The van der Waals surface area contributed by atoms with E-state index in [4.69, 9.17) is 0 Å². The van der Waals surface area contributed by atoms with Crippen LogP contribution >= 0.6 is 0 Å². The quantitative estimate of drug-likeness (QED) is 0.659. The van der Waals surface area contributed by atoms with Gasteiger partial charge in [0, 0.05) is 6.42 Å². The largest absolute Gasteiger partial charge is 0.295 e. The normalized spacial score (nSPS) is 34.5. The third kappa shape index (κ3) is 2.88. The predicted molar refractivity (Wildman–Crippen MR) is 71.8 cm³/mol. The SMILES string of the molecule is CC1CCC(C(C)C)/C(=C2/C=CC(=O)CC2)C1. The molecule has 0 aromatic rings. The number of ketones is 1. The van der Waals surface area contributed by atoms with E-state index in [9.17, 15) is 4.79 Å². The average Bonchev–Trinajstić information content (AvgIpc) is 2.29. The number of rotatable bonds is 1. The summed E-state index contributed by atoms with van der Waals surface area (Å²) in [5, 5.41) is 0. The Labute approximate surface area is 105 Å². The minimum atomic E-state index is 0.291. The van der Waals surface area contributed by atoms with Gasteiger partial charge in [0.15, 0.2) is 5.78 Å². The Balaban J connectivity index is 2.28. The van der Waals surface area contributed by atoms with E-state index in [1.165, 1.54) is 24.8 Å². The molecule has 0 amide bonds. The molecule has 1 nitrogen and oxygen atoms in total. The summed E-state index contributed by atoms with van der Waals surface area (Å²) in [4.78, 5) is 11.3. The second-order valence-corrected chi connectivity index (χ2v) is 6.09. The summed E-state index contributed by atoms with van der Waals surface area (Å²) in [6, 6.07) is 0. The summed E-state index contributed by atoms with van der Waals surface area (Å²) in [6.45, 7) is 7.02. The van der Waals surface area contributed by atoms with E-state index in [2.05, 4.69) is 26.8 Å². The van der Waals surface area contributed by atoms with Crippen molar-refractivity contribution in [2.24, 2.45) is 17.8 Å². The zero-order valence-electron chi connectivity index (χ0n) is 11.3. The smallest absolute Gasteiger partial charge is 0.156 e. The van der Waals surface area contributed by atoms with E-state index < -0.39 is 0 Å². The monoisotopic (exact) mass is 232 g/mol. The lowest BCUT2D eigenvalue weighted by atomic mass is 9.71. The molecule has 1 saturated carbocycles. The van der Waals surface area contributed by atoms with E-state index in [0.29, 0.717) is 12.2 Å². The van der Waals surface area contributed by atoms with Crippen molar-refractivity contribution in [3.63, 3.8) is 0 Å². The zero-order chi connectivity index (χ0) is 12.4. The molecule has 0 saturated heterocycles. The first kappa shape index (κ1) is 12.6. The first-order chi connectivity index (χ1) is 8.08. The summed E-state index contributed by atoms with van der Waals surface area (Å²) >= 11 is 0. The lowest BCUT2D eigenvalue weighted by Gasteiger charge is -2.34. The molecule has 0 radical (unpaired) electrons. The van der Waals surface area contributed by atoms with E-state index in [1.807, 2.05) is 0 Å². The van der Waals surface area contributed by atoms with Crippen LogP contribution in [0.3, 0.4) is 0 Å². The third-order valence-electron chi connectivity index (χ3n) is 4.31. The van der Waals surface area contributed by atoms with E-state index >= 15 is 0 Å². The second-order valence-electron chi connectivity index (χ2n) is 6.09. The number of allylic oxidation sites excluding steroid dienone is 4. The highest BCUT2D eigenvalue weighted by Gasteiger charge is 2.27. The van der Waals surface area contributed by atoms with Crippen LogP contribution < -0.4 is 0 Å². The summed E-state index contributed by atoms with van der Waals surface area (Å²) in [6.07, 6.45) is 9.50. The van der Waals surface area contributed by atoms with Gasteiger partial charge in [0.05, 0.1) is 0 Å². The van der Waals surface area contributed by atoms with Crippen molar-refractivity contribution in [3.05, 3.63) is 23.3 Å². The molecule has 2 aliphatic rings. The second kappa shape index (κ2) is 5.20. The molecule has 2 atom stereocenters. The maximum atomic E-state index is 11.3. The summed E-state index contributed by atoms with van der Waals surface area (Å²) in [5.74, 6) is 2.59. The Bertz CT molecular complexity index is 360. The lowest BCUT2D eigenvalue weighted by molar-refractivity contribution is -0.114. The van der Waals surface area contributed by atoms with Gasteiger partial charge in [-0.05, 0) is 55.1 Å². The molecular weight excluding hydrogens is 208 g/mol. The molecule has 2 rings (SSSR count). The van der Waals surface area contributed by atoms with Gasteiger partial charge in [-0.2, -0.15) is 0 Å². The fraction of sp³-hybridized carbons (Fsp3) is 0.688. The van der Waals surface area contributed by atoms with Crippen molar-refractivity contribution in [1.82, 2.24) is 0 Å². The van der Waals surface area contributed by atoms with Crippen molar-refractivity contribution in [3.8, 4) is 0 Å². The molecule has 0 bridgehead atoms. The van der Waals surface area contributed by atoms with E-state index in [1.54, 1.807) is 11.6 Å². The fourth-order valence-corrected chi connectivity index (χ4v) is 3.26. The van der Waals surface area contributed by atoms with Crippen LogP contribution in [0.5, 0.6) is 0 Å². The minimum absolute atomic E-state index is 0.291. The lowest BCUT2D eigenvalue weighted by Crippen LogP contribution is -2.22. The molecule has 94 valence electrons. The van der Waals surface area contributed by atoms with Crippen LogP contribution in [0.25, 0.3) is 0 Å². The fourth-order valence-electron chi connectivity index (χ4n) is 3.26. The number of hydrogen-bond donors (Lipinski definition) is 0.